The van der Waals surface area contributed by atoms with Gasteiger partial charge in [0.15, 0.2) is 0 Å². The molecule has 2 aromatic carbocycles. The van der Waals surface area contributed by atoms with Crippen LogP contribution in [0.15, 0.2) is 54.6 Å². The van der Waals surface area contributed by atoms with Gasteiger partial charge in [0.25, 0.3) is 0 Å². The lowest BCUT2D eigenvalue weighted by Gasteiger charge is -2.57. The Balaban J connectivity index is 1.26. The Kier molecular flexibility index (Phi) is 7.36. The highest BCUT2D eigenvalue weighted by Crippen LogP contribution is 2.62. The topological polar surface area (TPSA) is 78.5 Å². The van der Waals surface area contributed by atoms with Crippen LogP contribution < -0.4 is 4.74 Å². The second-order valence-electron chi connectivity index (χ2n) is 11.9. The van der Waals surface area contributed by atoms with Crippen LogP contribution in [0, 0.1) is 22.7 Å². The lowest BCUT2D eigenvalue weighted by molar-refractivity contribution is -0.162. The van der Waals surface area contributed by atoms with Crippen LogP contribution in [0.2, 0.25) is 0 Å². The molecular weight excluding hydrogens is 474 g/mol. The predicted octanol–water partition coefficient (Wildman–Crippen LogP) is 6.44. The fourth-order valence-electron chi connectivity index (χ4n) is 7.06. The molecule has 2 N–H and O–H groups in total. The van der Waals surface area contributed by atoms with Crippen molar-refractivity contribution in [3.63, 3.8) is 0 Å². The number of H-pyrrole nitrogens is 1. The summed E-state index contributed by atoms with van der Waals surface area (Å²) in [5.41, 5.74) is 3.57. The molecule has 38 heavy (non-hydrogen) atoms. The van der Waals surface area contributed by atoms with E-state index >= 15 is 0 Å². The van der Waals surface area contributed by atoms with Crippen molar-refractivity contribution in [2.45, 2.75) is 52.4 Å². The highest BCUT2D eigenvalue weighted by Gasteiger charge is 2.58. The minimum atomic E-state index is -0.788. The van der Waals surface area contributed by atoms with Crippen molar-refractivity contribution >= 4 is 22.6 Å². The molecule has 6 nitrogen and oxygen atoms in total. The van der Waals surface area contributed by atoms with Crippen LogP contribution in [0.25, 0.3) is 16.6 Å². The molecule has 0 amide bonds. The van der Waals surface area contributed by atoms with E-state index in [1.165, 1.54) is 11.1 Å². The number of hydrogen-bond donors (Lipinski definition) is 2. The van der Waals surface area contributed by atoms with Crippen molar-refractivity contribution in [3.05, 3.63) is 66.0 Å². The summed E-state index contributed by atoms with van der Waals surface area (Å²) >= 11 is 0. The normalized spacial score (nSPS) is 23.1. The number of carboxylic acid groups (broad SMARTS) is 1. The van der Waals surface area contributed by atoms with Gasteiger partial charge in [-0.1, -0.05) is 42.5 Å². The van der Waals surface area contributed by atoms with Gasteiger partial charge < -0.3 is 19.7 Å². The number of aromatic amines is 1. The maximum atomic E-state index is 12.6. The van der Waals surface area contributed by atoms with E-state index in [1.54, 1.807) is 7.11 Å². The minimum absolute atomic E-state index is 0.246. The molecule has 1 heterocycles. The van der Waals surface area contributed by atoms with Gasteiger partial charge in [-0.2, -0.15) is 0 Å². The van der Waals surface area contributed by atoms with Crippen LogP contribution in [0.1, 0.15) is 57.3 Å². The molecule has 202 valence electrons. The van der Waals surface area contributed by atoms with E-state index in [9.17, 15) is 9.90 Å². The van der Waals surface area contributed by atoms with E-state index in [4.69, 9.17) is 9.72 Å². The second-order valence-corrected chi connectivity index (χ2v) is 11.9. The predicted molar refractivity (Wildman–Crippen MR) is 152 cm³/mol. The van der Waals surface area contributed by atoms with Crippen LogP contribution in [0.4, 0.5) is 0 Å². The number of aryl methyl sites for hydroxylation is 1. The summed E-state index contributed by atoms with van der Waals surface area (Å²) in [6.45, 7) is 5.75. The number of benzene rings is 2. The monoisotopic (exact) mass is 515 g/mol. The van der Waals surface area contributed by atoms with E-state index in [2.05, 4.69) is 53.3 Å². The number of aromatic nitrogens is 2. The second kappa shape index (κ2) is 10.6. The smallest absolute Gasteiger partial charge is 0.309 e. The van der Waals surface area contributed by atoms with Crippen molar-refractivity contribution in [2.75, 3.05) is 27.2 Å². The summed E-state index contributed by atoms with van der Waals surface area (Å²) in [5.74, 6) is 1.80. The largest absolute Gasteiger partial charge is 0.494 e. The Hall–Kier alpha value is -3.12. The van der Waals surface area contributed by atoms with Gasteiger partial charge >= 0.3 is 5.97 Å². The molecule has 1 saturated carbocycles. The van der Waals surface area contributed by atoms with Crippen LogP contribution in [-0.2, 0) is 11.2 Å². The van der Waals surface area contributed by atoms with Gasteiger partial charge in [-0.25, -0.2) is 4.98 Å². The molecule has 2 bridgehead atoms. The van der Waals surface area contributed by atoms with Crippen LogP contribution in [-0.4, -0.2) is 53.2 Å². The summed E-state index contributed by atoms with van der Waals surface area (Å²) in [6.07, 6.45) is 8.36. The van der Waals surface area contributed by atoms with Crippen LogP contribution in [0.5, 0.6) is 5.75 Å². The number of allylic oxidation sites excluding steroid dienone is 2. The maximum Gasteiger partial charge on any atom is 0.309 e. The summed E-state index contributed by atoms with van der Waals surface area (Å²) < 4.78 is 5.44. The number of aliphatic carboxylic acids is 1. The van der Waals surface area contributed by atoms with E-state index in [0.717, 1.165) is 74.2 Å². The number of fused-ring (bicyclic) bond motifs is 3. The molecule has 3 atom stereocenters. The number of carboxylic acids is 1. The molecule has 0 unspecified atom stereocenters. The number of para-hydroxylation sites is 1. The number of hydrogen-bond acceptors (Lipinski definition) is 4. The quantitative estimate of drug-likeness (QED) is 0.307. The summed E-state index contributed by atoms with van der Waals surface area (Å²) in [7, 11) is 3.84. The molecule has 0 saturated heterocycles. The molecule has 0 spiro atoms. The zero-order chi connectivity index (χ0) is 26.9. The first-order chi connectivity index (χ1) is 18.2. The van der Waals surface area contributed by atoms with E-state index < -0.39 is 11.4 Å². The van der Waals surface area contributed by atoms with E-state index in [1.807, 2.05) is 32.0 Å². The van der Waals surface area contributed by atoms with Gasteiger partial charge in [0.1, 0.15) is 17.1 Å². The Bertz CT molecular complexity index is 1310. The molecule has 1 aromatic heterocycles. The lowest BCUT2D eigenvalue weighted by atomic mass is 9.46. The Labute approximate surface area is 226 Å². The third-order valence-corrected chi connectivity index (χ3v) is 9.49. The van der Waals surface area contributed by atoms with Crippen LogP contribution >= 0.6 is 0 Å². The molecule has 0 aliphatic heterocycles. The summed E-state index contributed by atoms with van der Waals surface area (Å²) in [6, 6.07) is 16.6. The third kappa shape index (κ3) is 4.75. The average molecular weight is 516 g/mol. The SMILES string of the molecule is COc1cccc2[nH]c(CCCN(C)CC[C@@]3(C(C)(C)C(=O)O)C[C@@H]4CC[C@H]3C=C4c3ccccc3)nc12. The summed E-state index contributed by atoms with van der Waals surface area (Å²) in [5, 5.41) is 10.3. The number of rotatable bonds is 11. The molecular formula is C32H41N3O3. The lowest BCUT2D eigenvalue weighted by Crippen LogP contribution is -2.54. The molecule has 6 heteroatoms. The number of ether oxygens (including phenoxy) is 1. The molecule has 3 aromatic rings. The van der Waals surface area contributed by atoms with Gasteiger partial charge in [0.2, 0.25) is 0 Å². The van der Waals surface area contributed by atoms with Crippen molar-refractivity contribution < 1.29 is 14.6 Å². The first kappa shape index (κ1) is 26.5. The van der Waals surface area contributed by atoms with Gasteiger partial charge in [-0.3, -0.25) is 4.79 Å². The fourth-order valence-corrected chi connectivity index (χ4v) is 7.06. The summed E-state index contributed by atoms with van der Waals surface area (Å²) in [4.78, 5) is 23.1. The maximum absolute atomic E-state index is 12.6. The van der Waals surface area contributed by atoms with Gasteiger partial charge in [-0.05, 0) is 107 Å². The zero-order valence-corrected chi connectivity index (χ0v) is 23.2. The van der Waals surface area contributed by atoms with Gasteiger partial charge in [0, 0.05) is 6.42 Å². The highest BCUT2D eigenvalue weighted by atomic mass is 16.5. The standard InChI is InChI=1S/C32H41N3O3/c1-31(2,30(36)37)32(21-23-15-16-24(32)20-25(23)22-10-6-5-7-11-22)17-19-35(3)18-9-14-28-33-26-12-8-13-27(38-4)29(26)34-28/h5-8,10-13,20,23-24H,9,14-19,21H2,1-4H3,(H,33,34)(H,36,37)/t23-,24-,32+/m0/s1. The number of nitrogens with one attached hydrogen (secondary N) is 1. The average Bonchev–Trinajstić information content (AvgIpc) is 3.35. The molecule has 3 aliphatic carbocycles. The number of carbonyl (C=O) groups is 1. The first-order valence-electron chi connectivity index (χ1n) is 14.0. The molecule has 0 radical (unpaired) electrons. The van der Waals surface area contributed by atoms with Crippen LogP contribution in [0.3, 0.4) is 0 Å². The van der Waals surface area contributed by atoms with Gasteiger partial charge in [-0.15, -0.1) is 0 Å². The van der Waals surface area contributed by atoms with Crippen molar-refractivity contribution in [1.82, 2.24) is 14.9 Å². The first-order valence-corrected chi connectivity index (χ1v) is 14.0. The Morgan fingerprint density at radius 3 is 2.63 bits per heavy atom. The fraction of sp³-hybridized carbons (Fsp3) is 0.500. The Morgan fingerprint density at radius 1 is 1.16 bits per heavy atom. The molecule has 3 aliphatic rings. The van der Waals surface area contributed by atoms with Crippen molar-refractivity contribution in [3.8, 4) is 5.75 Å². The molecule has 6 rings (SSSR count). The highest BCUT2D eigenvalue weighted by molar-refractivity contribution is 5.81. The van der Waals surface area contributed by atoms with Crippen molar-refractivity contribution in [1.29, 1.82) is 0 Å². The number of nitrogens with zero attached hydrogens (tertiary/aromatic N) is 2. The number of methoxy groups -OCH3 is 1. The zero-order valence-electron chi connectivity index (χ0n) is 23.2. The van der Waals surface area contributed by atoms with E-state index in [0.29, 0.717) is 5.92 Å². The van der Waals surface area contributed by atoms with E-state index in [-0.39, 0.29) is 11.3 Å². The Morgan fingerprint density at radius 2 is 1.95 bits per heavy atom. The number of imidazole rings is 1. The minimum Gasteiger partial charge on any atom is -0.494 e. The van der Waals surface area contributed by atoms with Crippen molar-refractivity contribution in [2.24, 2.45) is 22.7 Å². The molecule has 1 fully saturated rings. The van der Waals surface area contributed by atoms with Gasteiger partial charge in [0.05, 0.1) is 18.0 Å². The third-order valence-electron chi connectivity index (χ3n) is 9.49.